The van der Waals surface area contributed by atoms with E-state index in [9.17, 15) is 14.4 Å². The number of nitrogens with zero attached hydrogens (tertiary/aromatic N) is 4. The number of aromatic amines is 1. The van der Waals surface area contributed by atoms with E-state index in [2.05, 4.69) is 15.3 Å². The van der Waals surface area contributed by atoms with Crippen molar-refractivity contribution in [1.82, 2.24) is 24.0 Å². The molecule has 22 heavy (non-hydrogen) atoms. The number of aryl methyl sites for hydroxylation is 2. The Labute approximate surface area is 125 Å². The number of fused-ring (bicyclic) bond motifs is 1. The predicted molar refractivity (Wildman–Crippen MR) is 80.9 cm³/mol. The summed E-state index contributed by atoms with van der Waals surface area (Å²) in [4.78, 5) is 43.8. The van der Waals surface area contributed by atoms with Gasteiger partial charge in [0.05, 0.1) is 6.54 Å². The van der Waals surface area contributed by atoms with Gasteiger partial charge in [0, 0.05) is 27.2 Å². The third kappa shape index (κ3) is 2.28. The minimum atomic E-state index is -0.518. The van der Waals surface area contributed by atoms with Gasteiger partial charge in [-0.3, -0.25) is 19.1 Å². The maximum absolute atomic E-state index is 12.0. The van der Waals surface area contributed by atoms with Crippen LogP contribution in [0, 0.1) is 0 Å². The smallest absolute Gasteiger partial charge is 0.329 e. The SMILES string of the molecule is Cn1c(NCC(=O)N2CCCC2)nc2c1c(=O)[nH]c(=O)n2C. The zero-order valence-corrected chi connectivity index (χ0v) is 12.5. The normalized spacial score (nSPS) is 14.7. The lowest BCUT2D eigenvalue weighted by Gasteiger charge is -2.15. The summed E-state index contributed by atoms with van der Waals surface area (Å²) in [6, 6.07) is 0. The fourth-order valence-corrected chi connectivity index (χ4v) is 2.70. The average molecular weight is 306 g/mol. The van der Waals surface area contributed by atoms with Crippen molar-refractivity contribution in [2.75, 3.05) is 25.0 Å². The summed E-state index contributed by atoms with van der Waals surface area (Å²) < 4.78 is 2.81. The Balaban J connectivity index is 1.88. The van der Waals surface area contributed by atoms with Crippen LogP contribution >= 0.6 is 0 Å². The van der Waals surface area contributed by atoms with Crippen LogP contribution in [0.2, 0.25) is 0 Å². The van der Waals surface area contributed by atoms with E-state index in [-0.39, 0.29) is 18.1 Å². The van der Waals surface area contributed by atoms with Gasteiger partial charge in [0.15, 0.2) is 11.2 Å². The number of aromatic nitrogens is 4. The van der Waals surface area contributed by atoms with E-state index in [0.717, 1.165) is 25.9 Å². The molecule has 9 heteroatoms. The van der Waals surface area contributed by atoms with Gasteiger partial charge in [-0.25, -0.2) is 4.79 Å². The van der Waals surface area contributed by atoms with Crippen molar-refractivity contribution >= 4 is 23.0 Å². The fraction of sp³-hybridized carbons (Fsp3) is 0.538. The number of carbonyl (C=O) groups is 1. The van der Waals surface area contributed by atoms with Crippen molar-refractivity contribution in [2.45, 2.75) is 12.8 Å². The van der Waals surface area contributed by atoms with Gasteiger partial charge >= 0.3 is 5.69 Å². The highest BCUT2D eigenvalue weighted by Gasteiger charge is 2.19. The third-order valence-electron chi connectivity index (χ3n) is 3.99. The average Bonchev–Trinajstić information content (AvgIpc) is 3.11. The quantitative estimate of drug-likeness (QED) is 0.756. The van der Waals surface area contributed by atoms with Gasteiger partial charge in [-0.2, -0.15) is 4.98 Å². The van der Waals surface area contributed by atoms with E-state index in [1.807, 2.05) is 0 Å². The molecule has 2 aromatic rings. The maximum atomic E-state index is 12.0. The Morgan fingerprint density at radius 1 is 1.23 bits per heavy atom. The van der Waals surface area contributed by atoms with E-state index in [0.29, 0.717) is 11.5 Å². The van der Waals surface area contributed by atoms with Crippen LogP contribution in [0.25, 0.3) is 11.2 Å². The Kier molecular flexibility index (Phi) is 3.47. The summed E-state index contributed by atoms with van der Waals surface area (Å²) in [6.45, 7) is 1.69. The standard InChI is InChI=1S/C13H18N6O3/c1-17-9-10(18(2)13(22)16-11(9)21)15-12(17)14-7-8(20)19-5-3-4-6-19/h3-7H2,1-2H3,(H,14,15)(H,16,21,22). The number of anilines is 1. The van der Waals surface area contributed by atoms with Crippen LogP contribution in [-0.4, -0.2) is 49.5 Å². The molecule has 1 aliphatic heterocycles. The molecule has 1 saturated heterocycles. The molecule has 0 bridgehead atoms. The summed E-state index contributed by atoms with van der Waals surface area (Å²) in [5.74, 6) is 0.390. The first-order valence-electron chi connectivity index (χ1n) is 7.16. The summed E-state index contributed by atoms with van der Waals surface area (Å²) in [5.41, 5.74) is -0.437. The number of hydrogen-bond donors (Lipinski definition) is 2. The highest BCUT2D eigenvalue weighted by Crippen LogP contribution is 2.13. The van der Waals surface area contributed by atoms with Crippen molar-refractivity contribution in [1.29, 1.82) is 0 Å². The number of rotatable bonds is 3. The molecule has 2 N–H and O–H groups in total. The first kappa shape index (κ1) is 14.4. The molecule has 0 spiro atoms. The minimum Gasteiger partial charge on any atom is -0.347 e. The molecule has 3 rings (SSSR count). The zero-order chi connectivity index (χ0) is 15.9. The van der Waals surface area contributed by atoms with Crippen LogP contribution < -0.4 is 16.6 Å². The molecule has 0 aliphatic carbocycles. The van der Waals surface area contributed by atoms with Crippen LogP contribution in [0.3, 0.4) is 0 Å². The van der Waals surface area contributed by atoms with E-state index >= 15 is 0 Å². The molecule has 0 unspecified atom stereocenters. The van der Waals surface area contributed by atoms with E-state index in [1.165, 1.54) is 11.6 Å². The van der Waals surface area contributed by atoms with Crippen molar-refractivity contribution in [3.63, 3.8) is 0 Å². The van der Waals surface area contributed by atoms with Crippen molar-refractivity contribution in [2.24, 2.45) is 14.1 Å². The number of imidazole rings is 1. The molecule has 0 radical (unpaired) electrons. The van der Waals surface area contributed by atoms with Crippen LogP contribution in [-0.2, 0) is 18.9 Å². The molecular formula is C13H18N6O3. The monoisotopic (exact) mass is 306 g/mol. The van der Waals surface area contributed by atoms with E-state index in [4.69, 9.17) is 0 Å². The summed E-state index contributed by atoms with van der Waals surface area (Å²) in [5, 5.41) is 2.95. The van der Waals surface area contributed by atoms with Gasteiger partial charge in [0.25, 0.3) is 5.56 Å². The first-order chi connectivity index (χ1) is 10.5. The maximum Gasteiger partial charge on any atom is 0.329 e. The van der Waals surface area contributed by atoms with E-state index in [1.54, 1.807) is 16.5 Å². The van der Waals surface area contributed by atoms with Gasteiger partial charge in [-0.1, -0.05) is 0 Å². The second-order valence-corrected chi connectivity index (χ2v) is 5.43. The second-order valence-electron chi connectivity index (χ2n) is 5.43. The second kappa shape index (κ2) is 5.32. The number of amides is 1. The minimum absolute atomic E-state index is 0.00681. The van der Waals surface area contributed by atoms with Crippen molar-refractivity contribution < 1.29 is 4.79 Å². The molecule has 0 aromatic carbocycles. The van der Waals surface area contributed by atoms with Crippen LogP contribution in [0.15, 0.2) is 9.59 Å². The van der Waals surface area contributed by atoms with Gasteiger partial charge in [-0.05, 0) is 12.8 Å². The molecule has 1 amide bonds. The predicted octanol–water partition coefficient (Wildman–Crippen LogP) is -1.01. The number of carbonyl (C=O) groups excluding carboxylic acids is 1. The molecular weight excluding hydrogens is 288 g/mol. The molecule has 0 saturated carbocycles. The van der Waals surface area contributed by atoms with Gasteiger partial charge in [-0.15, -0.1) is 0 Å². The Bertz CT molecular complexity index is 840. The number of likely N-dealkylation sites (tertiary alicyclic amines) is 1. The Hall–Kier alpha value is -2.58. The largest absolute Gasteiger partial charge is 0.347 e. The first-order valence-corrected chi connectivity index (χ1v) is 7.16. The molecule has 118 valence electrons. The van der Waals surface area contributed by atoms with Crippen molar-refractivity contribution in [3.05, 3.63) is 20.8 Å². The topological polar surface area (TPSA) is 105 Å². The molecule has 1 fully saturated rings. The molecule has 0 atom stereocenters. The Morgan fingerprint density at radius 3 is 2.59 bits per heavy atom. The molecule has 1 aliphatic rings. The highest BCUT2D eigenvalue weighted by atomic mass is 16.2. The number of nitrogens with one attached hydrogen (secondary N) is 2. The lowest BCUT2D eigenvalue weighted by molar-refractivity contribution is -0.128. The summed E-state index contributed by atoms with van der Waals surface area (Å²) >= 11 is 0. The summed E-state index contributed by atoms with van der Waals surface area (Å²) in [6.07, 6.45) is 2.07. The lowest BCUT2D eigenvalue weighted by atomic mass is 10.4. The highest BCUT2D eigenvalue weighted by molar-refractivity contribution is 5.81. The third-order valence-corrected chi connectivity index (χ3v) is 3.99. The van der Waals surface area contributed by atoms with Gasteiger partial charge in [0.2, 0.25) is 11.9 Å². The Morgan fingerprint density at radius 2 is 1.91 bits per heavy atom. The van der Waals surface area contributed by atoms with Crippen LogP contribution in [0.1, 0.15) is 12.8 Å². The number of hydrogen-bond acceptors (Lipinski definition) is 5. The lowest BCUT2D eigenvalue weighted by Crippen LogP contribution is -2.33. The van der Waals surface area contributed by atoms with Crippen molar-refractivity contribution in [3.8, 4) is 0 Å². The van der Waals surface area contributed by atoms with Crippen LogP contribution in [0.5, 0.6) is 0 Å². The van der Waals surface area contributed by atoms with E-state index < -0.39 is 11.2 Å². The zero-order valence-electron chi connectivity index (χ0n) is 12.5. The van der Waals surface area contributed by atoms with Gasteiger partial charge < -0.3 is 14.8 Å². The molecule has 9 nitrogen and oxygen atoms in total. The van der Waals surface area contributed by atoms with Gasteiger partial charge in [0.1, 0.15) is 0 Å². The summed E-state index contributed by atoms with van der Waals surface area (Å²) in [7, 11) is 3.20. The molecule has 3 heterocycles. The van der Waals surface area contributed by atoms with Crippen LogP contribution in [0.4, 0.5) is 5.95 Å². The number of H-pyrrole nitrogens is 1. The fourth-order valence-electron chi connectivity index (χ4n) is 2.70. The molecule has 2 aromatic heterocycles.